The number of halogens is 1. The number of sulfone groups is 1. The van der Waals surface area contributed by atoms with Crippen molar-refractivity contribution in [2.75, 3.05) is 11.5 Å². The summed E-state index contributed by atoms with van der Waals surface area (Å²) in [5.74, 6) is 0.358. The molecule has 1 heterocycles. The fraction of sp³-hybridized carbons (Fsp3) is 0.176. The molecule has 0 aliphatic heterocycles. The summed E-state index contributed by atoms with van der Waals surface area (Å²) >= 11 is 1.28. The van der Waals surface area contributed by atoms with Gasteiger partial charge in [0.15, 0.2) is 20.8 Å². The second-order valence-corrected chi connectivity index (χ2v) is 8.50. The van der Waals surface area contributed by atoms with E-state index in [1.807, 2.05) is 0 Å². The van der Waals surface area contributed by atoms with Crippen LogP contribution >= 0.6 is 11.8 Å². The zero-order valence-electron chi connectivity index (χ0n) is 13.5. The van der Waals surface area contributed by atoms with Crippen LogP contribution in [-0.2, 0) is 16.9 Å². The van der Waals surface area contributed by atoms with Crippen molar-refractivity contribution < 1.29 is 12.8 Å². The predicted molar refractivity (Wildman–Crippen MR) is 95.6 cm³/mol. The van der Waals surface area contributed by atoms with E-state index >= 15 is 0 Å². The normalized spacial score (nSPS) is 11.6. The highest BCUT2D eigenvalue weighted by molar-refractivity contribution is 8.00. The predicted octanol–water partition coefficient (Wildman–Crippen LogP) is 3.19. The molecule has 0 saturated heterocycles. The van der Waals surface area contributed by atoms with Crippen LogP contribution in [-0.4, -0.2) is 34.7 Å². The fourth-order valence-corrected chi connectivity index (χ4v) is 4.89. The Morgan fingerprint density at radius 2 is 1.72 bits per heavy atom. The molecule has 0 aliphatic rings. The number of benzene rings is 2. The van der Waals surface area contributed by atoms with Crippen LogP contribution in [0.25, 0.3) is 11.4 Å². The molecule has 0 radical (unpaired) electrons. The first kappa shape index (κ1) is 17.6. The lowest BCUT2D eigenvalue weighted by molar-refractivity contribution is 0.597. The minimum Gasteiger partial charge on any atom is -0.305 e. The Balaban J connectivity index is 1.70. The Kier molecular flexibility index (Phi) is 5.19. The number of hydrogen-bond donors (Lipinski definition) is 0. The Hall–Kier alpha value is -2.19. The van der Waals surface area contributed by atoms with E-state index in [0.717, 1.165) is 0 Å². The molecule has 3 aromatic rings. The summed E-state index contributed by atoms with van der Waals surface area (Å²) in [7, 11) is -1.60. The average Bonchev–Trinajstić information content (AvgIpc) is 2.97. The van der Waals surface area contributed by atoms with Crippen LogP contribution in [0.15, 0.2) is 64.6 Å². The highest BCUT2D eigenvalue weighted by Gasteiger charge is 2.17. The number of thioether (sulfide) groups is 1. The maximum atomic E-state index is 13.9. The van der Waals surface area contributed by atoms with Gasteiger partial charge in [-0.2, -0.15) is 0 Å². The average molecular weight is 377 g/mol. The lowest BCUT2D eigenvalue weighted by Crippen LogP contribution is -2.09. The molecule has 3 rings (SSSR count). The Bertz CT molecular complexity index is 973. The van der Waals surface area contributed by atoms with Gasteiger partial charge in [0.05, 0.1) is 16.2 Å². The maximum absolute atomic E-state index is 13.9. The van der Waals surface area contributed by atoms with Gasteiger partial charge in [-0.05, 0) is 24.3 Å². The van der Waals surface area contributed by atoms with Crippen LogP contribution in [0.1, 0.15) is 0 Å². The number of aromatic nitrogens is 3. The summed E-state index contributed by atoms with van der Waals surface area (Å²) in [5, 5.41) is 8.61. The van der Waals surface area contributed by atoms with Crippen LogP contribution < -0.4 is 0 Å². The molecule has 130 valence electrons. The van der Waals surface area contributed by atoms with E-state index < -0.39 is 9.84 Å². The molecule has 0 N–H and O–H groups in total. The Morgan fingerprint density at radius 1 is 1.04 bits per heavy atom. The van der Waals surface area contributed by atoms with Crippen molar-refractivity contribution in [2.24, 2.45) is 7.05 Å². The van der Waals surface area contributed by atoms with Gasteiger partial charge >= 0.3 is 0 Å². The fourth-order valence-electron chi connectivity index (χ4n) is 2.31. The van der Waals surface area contributed by atoms with Gasteiger partial charge in [0.1, 0.15) is 5.82 Å². The van der Waals surface area contributed by atoms with Crippen molar-refractivity contribution in [1.29, 1.82) is 0 Å². The van der Waals surface area contributed by atoms with Crippen molar-refractivity contribution in [2.45, 2.75) is 10.1 Å². The summed E-state index contributed by atoms with van der Waals surface area (Å²) in [6, 6.07) is 14.7. The molecule has 0 aliphatic carbocycles. The first-order valence-corrected chi connectivity index (χ1v) is 10.2. The first-order chi connectivity index (χ1) is 12.0. The van der Waals surface area contributed by atoms with E-state index in [9.17, 15) is 12.8 Å². The maximum Gasteiger partial charge on any atom is 0.191 e. The standard InChI is InChI=1S/C17H16FN3O2S2/c1-21-16(14-9-5-6-10-15(14)18)19-20-17(21)24-11-12-25(22,23)13-7-3-2-4-8-13/h2-10H,11-12H2,1H3. The third kappa shape index (κ3) is 3.91. The van der Waals surface area contributed by atoms with E-state index in [1.54, 1.807) is 60.1 Å². The molecule has 0 spiro atoms. The molecule has 2 aromatic carbocycles. The second-order valence-electron chi connectivity index (χ2n) is 5.33. The topological polar surface area (TPSA) is 64.8 Å². The summed E-state index contributed by atoms with van der Waals surface area (Å²) in [5.41, 5.74) is 0.362. The van der Waals surface area contributed by atoms with Gasteiger partial charge in [0, 0.05) is 12.8 Å². The zero-order chi connectivity index (χ0) is 17.9. The molecule has 25 heavy (non-hydrogen) atoms. The summed E-state index contributed by atoms with van der Waals surface area (Å²) in [6.45, 7) is 0. The van der Waals surface area contributed by atoms with E-state index in [1.165, 1.54) is 17.8 Å². The first-order valence-electron chi connectivity index (χ1n) is 7.54. The third-order valence-electron chi connectivity index (χ3n) is 3.64. The van der Waals surface area contributed by atoms with Gasteiger partial charge in [0.2, 0.25) is 0 Å². The molecule has 5 nitrogen and oxygen atoms in total. The van der Waals surface area contributed by atoms with E-state index in [2.05, 4.69) is 10.2 Å². The molecular formula is C17H16FN3O2S2. The third-order valence-corrected chi connectivity index (χ3v) is 6.65. The minimum atomic E-state index is -3.33. The van der Waals surface area contributed by atoms with Crippen molar-refractivity contribution in [3.63, 3.8) is 0 Å². The van der Waals surface area contributed by atoms with Gasteiger partial charge in [-0.25, -0.2) is 12.8 Å². The molecule has 0 unspecified atom stereocenters. The van der Waals surface area contributed by atoms with Crippen molar-refractivity contribution >= 4 is 21.6 Å². The summed E-state index contributed by atoms with van der Waals surface area (Å²) in [6.07, 6.45) is 0. The van der Waals surface area contributed by atoms with Crippen molar-refractivity contribution in [3.8, 4) is 11.4 Å². The molecular weight excluding hydrogens is 361 g/mol. The molecule has 1 aromatic heterocycles. The zero-order valence-corrected chi connectivity index (χ0v) is 15.1. The summed E-state index contributed by atoms with van der Waals surface area (Å²) in [4.78, 5) is 0.306. The van der Waals surface area contributed by atoms with Gasteiger partial charge < -0.3 is 4.57 Å². The number of rotatable bonds is 6. The second kappa shape index (κ2) is 7.37. The van der Waals surface area contributed by atoms with E-state index in [4.69, 9.17) is 0 Å². The molecule has 0 amide bonds. The number of hydrogen-bond acceptors (Lipinski definition) is 5. The van der Waals surface area contributed by atoms with Crippen molar-refractivity contribution in [3.05, 3.63) is 60.4 Å². The van der Waals surface area contributed by atoms with E-state index in [-0.39, 0.29) is 11.6 Å². The van der Waals surface area contributed by atoms with Gasteiger partial charge in [0.25, 0.3) is 0 Å². The quantitative estimate of drug-likeness (QED) is 0.617. The lowest BCUT2D eigenvalue weighted by atomic mass is 10.2. The van der Waals surface area contributed by atoms with Gasteiger partial charge in [-0.1, -0.05) is 42.1 Å². The molecule has 0 bridgehead atoms. The van der Waals surface area contributed by atoms with Crippen LogP contribution in [0.3, 0.4) is 0 Å². The van der Waals surface area contributed by atoms with Gasteiger partial charge in [-0.3, -0.25) is 0 Å². The highest BCUT2D eigenvalue weighted by Crippen LogP contribution is 2.25. The van der Waals surface area contributed by atoms with Crippen LogP contribution in [0.5, 0.6) is 0 Å². The van der Waals surface area contributed by atoms with E-state index in [0.29, 0.717) is 27.2 Å². The Morgan fingerprint density at radius 3 is 2.44 bits per heavy atom. The molecule has 8 heteroatoms. The Labute approximate surface area is 149 Å². The SMILES string of the molecule is Cn1c(SCCS(=O)(=O)c2ccccc2)nnc1-c1ccccc1F. The van der Waals surface area contributed by atoms with Gasteiger partial charge in [-0.15, -0.1) is 10.2 Å². The van der Waals surface area contributed by atoms with Crippen molar-refractivity contribution in [1.82, 2.24) is 14.8 Å². The molecule has 0 atom stereocenters. The monoisotopic (exact) mass is 377 g/mol. The minimum absolute atomic E-state index is 0.0103. The molecule has 0 fully saturated rings. The highest BCUT2D eigenvalue weighted by atomic mass is 32.2. The lowest BCUT2D eigenvalue weighted by Gasteiger charge is -2.06. The van der Waals surface area contributed by atoms with Crippen LogP contribution in [0.4, 0.5) is 4.39 Å². The van der Waals surface area contributed by atoms with Crippen LogP contribution in [0.2, 0.25) is 0 Å². The van der Waals surface area contributed by atoms with Crippen LogP contribution in [0, 0.1) is 5.82 Å². The largest absolute Gasteiger partial charge is 0.305 e. The molecule has 0 saturated carbocycles. The number of nitrogens with zero attached hydrogens (tertiary/aromatic N) is 3. The summed E-state index contributed by atoms with van der Waals surface area (Å²) < 4.78 is 40.1. The smallest absolute Gasteiger partial charge is 0.191 e.